The first-order chi connectivity index (χ1) is 15.8. The van der Waals surface area contributed by atoms with Crippen LogP contribution >= 0.6 is 0 Å². The second-order valence-corrected chi connectivity index (χ2v) is 7.18. The summed E-state index contributed by atoms with van der Waals surface area (Å²) in [5.41, 5.74) is 4.91. The lowest BCUT2D eigenvalue weighted by Crippen LogP contribution is -2.25. The van der Waals surface area contributed by atoms with Crippen LogP contribution in [0, 0.1) is 0 Å². The molecule has 5 rings (SSSR count). The molecule has 0 radical (unpaired) electrons. The van der Waals surface area contributed by atoms with Crippen molar-refractivity contribution in [2.24, 2.45) is 0 Å². The molecule has 0 aliphatic carbocycles. The maximum Gasteiger partial charge on any atom is 0.278 e. The Kier molecular flexibility index (Phi) is 5.28. The molecule has 32 heavy (non-hydrogen) atoms. The molecule has 7 heteroatoms. The molecule has 0 N–H and O–H groups in total. The minimum Gasteiger partial charge on any atom is -0.267 e. The lowest BCUT2D eigenvalue weighted by Gasteiger charge is -2.12. The molecule has 0 atom stereocenters. The van der Waals surface area contributed by atoms with Crippen LogP contribution in [0.3, 0.4) is 0 Å². The highest BCUT2D eigenvalue weighted by Gasteiger charge is 2.14. The third kappa shape index (κ3) is 4.04. The molecule has 1 aromatic carbocycles. The molecule has 154 valence electrons. The Morgan fingerprint density at radius 1 is 0.844 bits per heavy atom. The number of benzene rings is 1. The summed E-state index contributed by atoms with van der Waals surface area (Å²) in [5, 5.41) is 0. The van der Waals surface area contributed by atoms with Crippen LogP contribution in [0.15, 0.2) is 90.6 Å². The maximum absolute atomic E-state index is 13.5. The summed E-state index contributed by atoms with van der Waals surface area (Å²) >= 11 is 0. The van der Waals surface area contributed by atoms with Gasteiger partial charge in [-0.3, -0.25) is 14.3 Å². The van der Waals surface area contributed by atoms with Crippen molar-refractivity contribution in [1.29, 1.82) is 0 Å². The number of nitrogens with zero attached hydrogens (tertiary/aromatic N) is 6. The van der Waals surface area contributed by atoms with Gasteiger partial charge in [-0.1, -0.05) is 30.4 Å². The highest BCUT2D eigenvalue weighted by molar-refractivity contribution is 5.74. The van der Waals surface area contributed by atoms with Gasteiger partial charge in [0.2, 0.25) is 0 Å². The van der Waals surface area contributed by atoms with E-state index in [9.17, 15) is 4.79 Å². The van der Waals surface area contributed by atoms with Crippen molar-refractivity contribution >= 4 is 23.3 Å². The normalized spacial score (nSPS) is 11.2. The van der Waals surface area contributed by atoms with E-state index in [1.54, 1.807) is 35.6 Å². The van der Waals surface area contributed by atoms with E-state index in [4.69, 9.17) is 0 Å². The Hall–Kier alpha value is -4.52. The summed E-state index contributed by atoms with van der Waals surface area (Å²) in [6, 6.07) is 15.2. The third-order valence-corrected chi connectivity index (χ3v) is 4.95. The fourth-order valence-electron chi connectivity index (χ4n) is 3.47. The average molecular weight is 418 g/mol. The van der Waals surface area contributed by atoms with Crippen LogP contribution < -0.4 is 5.56 Å². The quantitative estimate of drug-likeness (QED) is 0.432. The van der Waals surface area contributed by atoms with Gasteiger partial charge in [-0.25, -0.2) is 19.9 Å². The molecule has 0 aliphatic rings. The number of rotatable bonds is 5. The van der Waals surface area contributed by atoms with E-state index in [0.717, 1.165) is 22.4 Å². The van der Waals surface area contributed by atoms with Crippen molar-refractivity contribution in [3.05, 3.63) is 119 Å². The molecular formula is C25H18N6O. The van der Waals surface area contributed by atoms with Crippen LogP contribution in [-0.4, -0.2) is 29.5 Å². The molecule has 0 bridgehead atoms. The zero-order chi connectivity index (χ0) is 21.8. The molecular weight excluding hydrogens is 400 g/mol. The van der Waals surface area contributed by atoms with Gasteiger partial charge in [-0.05, 0) is 41.5 Å². The van der Waals surface area contributed by atoms with Gasteiger partial charge in [-0.15, -0.1) is 0 Å². The van der Waals surface area contributed by atoms with E-state index in [1.807, 2.05) is 60.7 Å². The van der Waals surface area contributed by atoms with Crippen LogP contribution in [-0.2, 0) is 6.42 Å². The molecule has 0 unspecified atom stereocenters. The molecule has 0 saturated heterocycles. The van der Waals surface area contributed by atoms with E-state index < -0.39 is 0 Å². The Labute approximate surface area is 183 Å². The first-order valence-corrected chi connectivity index (χ1v) is 10.1. The second-order valence-electron chi connectivity index (χ2n) is 7.18. The van der Waals surface area contributed by atoms with E-state index >= 15 is 0 Å². The Bertz CT molecular complexity index is 1460. The first-order valence-electron chi connectivity index (χ1n) is 10.1. The number of aromatic nitrogens is 6. The first kappa shape index (κ1) is 19.4. The fourth-order valence-corrected chi connectivity index (χ4v) is 3.47. The molecule has 0 fully saturated rings. The molecule has 5 aromatic rings. The summed E-state index contributed by atoms with van der Waals surface area (Å²) in [7, 11) is 0. The number of hydrogen-bond donors (Lipinski definition) is 0. The zero-order valence-electron chi connectivity index (χ0n) is 17.0. The lowest BCUT2D eigenvalue weighted by atomic mass is 10.1. The smallest absolute Gasteiger partial charge is 0.267 e. The molecule has 0 spiro atoms. The van der Waals surface area contributed by atoms with E-state index in [0.29, 0.717) is 23.3 Å². The largest absolute Gasteiger partial charge is 0.278 e. The van der Waals surface area contributed by atoms with Gasteiger partial charge in [0.05, 0.1) is 5.69 Å². The lowest BCUT2D eigenvalue weighted by molar-refractivity contribution is 0.924. The SMILES string of the molecule is O=c1c(Cc2cccnc2)nc2cccnc2n1-c1cccc(/C=C/c2cncnc2)c1. The second kappa shape index (κ2) is 8.69. The van der Waals surface area contributed by atoms with Crippen molar-refractivity contribution in [1.82, 2.24) is 29.5 Å². The minimum atomic E-state index is -0.197. The van der Waals surface area contributed by atoms with E-state index in [1.165, 1.54) is 6.33 Å². The van der Waals surface area contributed by atoms with Gasteiger partial charge in [0.1, 0.15) is 17.5 Å². The van der Waals surface area contributed by atoms with Gasteiger partial charge < -0.3 is 0 Å². The van der Waals surface area contributed by atoms with Crippen LogP contribution in [0.2, 0.25) is 0 Å². The van der Waals surface area contributed by atoms with Gasteiger partial charge in [0.15, 0.2) is 5.65 Å². The van der Waals surface area contributed by atoms with Crippen LogP contribution in [0.1, 0.15) is 22.4 Å². The molecule has 7 nitrogen and oxygen atoms in total. The van der Waals surface area contributed by atoms with Gasteiger partial charge in [0, 0.05) is 43.0 Å². The molecule has 4 heterocycles. The van der Waals surface area contributed by atoms with Crippen LogP contribution in [0.5, 0.6) is 0 Å². The topological polar surface area (TPSA) is 86.5 Å². The van der Waals surface area contributed by atoms with Crippen LogP contribution in [0.4, 0.5) is 0 Å². The highest BCUT2D eigenvalue weighted by atomic mass is 16.1. The minimum absolute atomic E-state index is 0.197. The standard InChI is InChI=1S/C25H18N6O/c32-25-23(13-19-5-2-10-26-14-19)30-22-7-3-11-29-24(22)31(25)21-6-1-4-18(12-21)8-9-20-15-27-17-28-16-20/h1-12,14-17H,13H2/b9-8+. The number of fused-ring (bicyclic) bond motifs is 1. The number of pyridine rings is 2. The average Bonchev–Trinajstić information content (AvgIpc) is 2.85. The third-order valence-electron chi connectivity index (χ3n) is 4.95. The van der Waals surface area contributed by atoms with Crippen molar-refractivity contribution in [3.8, 4) is 5.69 Å². The monoisotopic (exact) mass is 418 g/mol. The van der Waals surface area contributed by atoms with Crippen molar-refractivity contribution in [2.45, 2.75) is 6.42 Å². The van der Waals surface area contributed by atoms with Crippen molar-refractivity contribution in [2.75, 3.05) is 0 Å². The Morgan fingerprint density at radius 2 is 1.69 bits per heavy atom. The van der Waals surface area contributed by atoms with E-state index in [-0.39, 0.29) is 5.56 Å². The molecule has 0 saturated carbocycles. The summed E-state index contributed by atoms with van der Waals surface area (Å²) in [5.74, 6) is 0. The summed E-state index contributed by atoms with van der Waals surface area (Å²) in [6.45, 7) is 0. The van der Waals surface area contributed by atoms with Crippen molar-refractivity contribution < 1.29 is 0 Å². The predicted octanol–water partition coefficient (Wildman–Crippen LogP) is 3.73. The summed E-state index contributed by atoms with van der Waals surface area (Å²) in [6.07, 6.45) is 14.4. The Balaban J connectivity index is 1.61. The zero-order valence-corrected chi connectivity index (χ0v) is 17.0. The van der Waals surface area contributed by atoms with Crippen LogP contribution in [0.25, 0.3) is 29.0 Å². The molecule has 0 amide bonds. The highest BCUT2D eigenvalue weighted by Crippen LogP contribution is 2.17. The van der Waals surface area contributed by atoms with Gasteiger partial charge in [-0.2, -0.15) is 0 Å². The molecule has 4 aromatic heterocycles. The molecule has 0 aliphatic heterocycles. The maximum atomic E-state index is 13.5. The van der Waals surface area contributed by atoms with Gasteiger partial charge in [0.25, 0.3) is 5.56 Å². The van der Waals surface area contributed by atoms with Gasteiger partial charge >= 0.3 is 0 Å². The Morgan fingerprint density at radius 3 is 2.53 bits per heavy atom. The van der Waals surface area contributed by atoms with Crippen molar-refractivity contribution in [3.63, 3.8) is 0 Å². The number of hydrogen-bond acceptors (Lipinski definition) is 6. The summed E-state index contributed by atoms with van der Waals surface area (Å²) in [4.78, 5) is 34.7. The van der Waals surface area contributed by atoms with E-state index in [2.05, 4.69) is 24.9 Å². The summed E-state index contributed by atoms with van der Waals surface area (Å²) < 4.78 is 1.62. The predicted molar refractivity (Wildman–Crippen MR) is 123 cm³/mol. The fraction of sp³-hybridized carbons (Fsp3) is 0.0400.